The lowest BCUT2D eigenvalue weighted by molar-refractivity contribution is 0.161. The number of nitrogens with one attached hydrogen (secondary N) is 1. The molecule has 0 spiro atoms. The van der Waals surface area contributed by atoms with Crippen LogP contribution in [0.2, 0.25) is 0 Å². The molecule has 7 heteroatoms. The third kappa shape index (κ3) is 5.01. The van der Waals surface area contributed by atoms with Crippen LogP contribution in [0.15, 0.2) is 29.1 Å². The van der Waals surface area contributed by atoms with Crippen LogP contribution in [0, 0.1) is 0 Å². The molecular weight excluding hydrogens is 378 g/mol. The molecule has 1 atom stereocenters. The first-order valence-corrected chi connectivity index (χ1v) is 11.1. The number of hydrogen-bond donors (Lipinski definition) is 1. The Kier molecular flexibility index (Phi) is 7.48. The molecule has 1 aromatic heterocycles. The van der Waals surface area contributed by atoms with E-state index in [0.29, 0.717) is 29.8 Å². The Bertz CT molecular complexity index is 917. The van der Waals surface area contributed by atoms with Gasteiger partial charge in [0.15, 0.2) is 0 Å². The lowest BCUT2D eigenvalue weighted by atomic mass is 9.96. The second kappa shape index (κ2) is 10.1. The van der Waals surface area contributed by atoms with Gasteiger partial charge in [0.25, 0.3) is 5.56 Å². The topological polar surface area (TPSA) is 70.5 Å². The van der Waals surface area contributed by atoms with Crippen LogP contribution in [-0.2, 0) is 6.54 Å². The highest BCUT2D eigenvalue weighted by molar-refractivity contribution is 5.78. The summed E-state index contributed by atoms with van der Waals surface area (Å²) in [7, 11) is 4.00. The van der Waals surface area contributed by atoms with Crippen LogP contribution in [0.3, 0.4) is 0 Å². The van der Waals surface area contributed by atoms with Crippen molar-refractivity contribution in [1.29, 1.82) is 0 Å². The molecule has 30 heavy (non-hydrogen) atoms. The highest BCUT2D eigenvalue weighted by Crippen LogP contribution is 2.22. The van der Waals surface area contributed by atoms with Gasteiger partial charge >= 0.3 is 6.03 Å². The molecule has 0 aliphatic heterocycles. The van der Waals surface area contributed by atoms with E-state index in [9.17, 15) is 9.59 Å². The largest absolute Gasteiger partial charge is 0.335 e. The first kappa shape index (κ1) is 22.3. The van der Waals surface area contributed by atoms with E-state index in [-0.39, 0.29) is 23.7 Å². The highest BCUT2D eigenvalue weighted by atomic mass is 16.2. The summed E-state index contributed by atoms with van der Waals surface area (Å²) in [6, 6.07) is 7.27. The van der Waals surface area contributed by atoms with Gasteiger partial charge in [-0.1, -0.05) is 31.4 Å². The predicted octanol–water partition coefficient (Wildman–Crippen LogP) is 3.38. The first-order chi connectivity index (χ1) is 14.4. The quantitative estimate of drug-likeness (QED) is 0.755. The Morgan fingerprint density at radius 3 is 2.57 bits per heavy atom. The van der Waals surface area contributed by atoms with Crippen LogP contribution in [0.5, 0.6) is 0 Å². The van der Waals surface area contributed by atoms with Crippen LogP contribution >= 0.6 is 0 Å². The van der Waals surface area contributed by atoms with Gasteiger partial charge in [0, 0.05) is 25.7 Å². The van der Waals surface area contributed by atoms with Gasteiger partial charge in [-0.25, -0.2) is 9.78 Å². The minimum absolute atomic E-state index is 0.0507. The zero-order valence-corrected chi connectivity index (χ0v) is 18.7. The van der Waals surface area contributed by atoms with E-state index in [1.165, 1.54) is 19.3 Å². The van der Waals surface area contributed by atoms with Gasteiger partial charge in [-0.2, -0.15) is 0 Å². The average Bonchev–Trinajstić information content (AvgIpc) is 2.74. The van der Waals surface area contributed by atoms with E-state index in [2.05, 4.69) is 10.2 Å². The monoisotopic (exact) mass is 413 g/mol. The second-order valence-electron chi connectivity index (χ2n) is 8.49. The number of urea groups is 1. The number of aromatic nitrogens is 2. The maximum absolute atomic E-state index is 13.3. The summed E-state index contributed by atoms with van der Waals surface area (Å²) in [5, 5.41) is 3.85. The standard InChI is InChI=1S/C23H35N5O2/c1-5-27-21(25-20-14-10-9-13-19(20)22(27)29)17(2)28(16-15-26(3)4)23(30)24-18-11-7-6-8-12-18/h9-10,13-14,17-18H,5-8,11-12,15-16H2,1-4H3,(H,24,30). The Hall–Kier alpha value is -2.41. The SMILES string of the molecule is CCn1c(C(C)N(CCN(C)C)C(=O)NC2CCCCC2)nc2ccccc2c1=O. The van der Waals surface area contributed by atoms with Crippen LogP contribution in [-0.4, -0.2) is 58.6 Å². The molecule has 1 fully saturated rings. The summed E-state index contributed by atoms with van der Waals surface area (Å²) in [5.74, 6) is 0.638. The second-order valence-corrected chi connectivity index (χ2v) is 8.49. The Balaban J connectivity index is 1.94. The molecule has 0 saturated heterocycles. The van der Waals surface area contributed by atoms with Gasteiger partial charge in [0.05, 0.1) is 16.9 Å². The third-order valence-corrected chi connectivity index (χ3v) is 6.03. The molecule has 7 nitrogen and oxygen atoms in total. The van der Waals surface area contributed by atoms with Gasteiger partial charge < -0.3 is 15.1 Å². The Morgan fingerprint density at radius 1 is 1.20 bits per heavy atom. The molecule has 164 valence electrons. The van der Waals surface area contributed by atoms with Crippen LogP contribution in [0.1, 0.15) is 57.8 Å². The van der Waals surface area contributed by atoms with E-state index in [4.69, 9.17) is 4.98 Å². The van der Waals surface area contributed by atoms with E-state index >= 15 is 0 Å². The number of nitrogens with zero attached hydrogens (tertiary/aromatic N) is 4. The lowest BCUT2D eigenvalue weighted by Gasteiger charge is -2.33. The van der Waals surface area contributed by atoms with Crippen molar-refractivity contribution in [2.24, 2.45) is 0 Å². The van der Waals surface area contributed by atoms with Gasteiger partial charge in [-0.05, 0) is 52.9 Å². The van der Waals surface area contributed by atoms with Crippen LogP contribution in [0.25, 0.3) is 10.9 Å². The number of rotatable bonds is 7. The summed E-state index contributed by atoms with van der Waals surface area (Å²) >= 11 is 0. The van der Waals surface area contributed by atoms with Crippen molar-refractivity contribution in [1.82, 2.24) is 24.7 Å². The number of carbonyl (C=O) groups excluding carboxylic acids is 1. The van der Waals surface area contributed by atoms with E-state index < -0.39 is 0 Å². The molecule has 3 rings (SSSR count). The molecule has 0 bridgehead atoms. The van der Waals surface area contributed by atoms with E-state index in [0.717, 1.165) is 19.4 Å². The van der Waals surface area contributed by atoms with Crippen molar-refractivity contribution in [3.05, 3.63) is 40.4 Å². The first-order valence-electron chi connectivity index (χ1n) is 11.1. The van der Waals surface area contributed by atoms with Crippen molar-refractivity contribution >= 4 is 16.9 Å². The Morgan fingerprint density at radius 2 is 1.90 bits per heavy atom. The summed E-state index contributed by atoms with van der Waals surface area (Å²) in [6.07, 6.45) is 5.65. The zero-order valence-electron chi connectivity index (χ0n) is 18.7. The molecule has 1 aromatic carbocycles. The summed E-state index contributed by atoms with van der Waals surface area (Å²) in [4.78, 5) is 35.0. The number of benzene rings is 1. The molecule has 1 heterocycles. The molecule has 1 aliphatic rings. The molecule has 1 unspecified atom stereocenters. The molecule has 2 aromatic rings. The summed E-state index contributed by atoms with van der Waals surface area (Å²) in [6.45, 7) is 5.74. The molecule has 1 saturated carbocycles. The number of amides is 2. The maximum atomic E-state index is 13.3. The van der Waals surface area contributed by atoms with Crippen LogP contribution < -0.4 is 10.9 Å². The normalized spacial score (nSPS) is 16.0. The number of likely N-dealkylation sites (N-methyl/N-ethyl adjacent to an activating group) is 1. The minimum atomic E-state index is -0.314. The Labute approximate surface area is 179 Å². The third-order valence-electron chi connectivity index (χ3n) is 6.03. The molecule has 2 amide bonds. The molecule has 0 radical (unpaired) electrons. The van der Waals surface area contributed by atoms with Crippen molar-refractivity contribution < 1.29 is 4.79 Å². The van der Waals surface area contributed by atoms with Crippen LogP contribution in [0.4, 0.5) is 4.79 Å². The molecule has 1 N–H and O–H groups in total. The fourth-order valence-electron chi connectivity index (χ4n) is 4.23. The number of carbonyl (C=O) groups is 1. The maximum Gasteiger partial charge on any atom is 0.318 e. The fourth-order valence-corrected chi connectivity index (χ4v) is 4.23. The van der Waals surface area contributed by atoms with Gasteiger partial charge in [0.1, 0.15) is 5.82 Å². The van der Waals surface area contributed by atoms with Gasteiger partial charge in [-0.15, -0.1) is 0 Å². The lowest BCUT2D eigenvalue weighted by Crippen LogP contribution is -2.49. The minimum Gasteiger partial charge on any atom is -0.335 e. The predicted molar refractivity (Wildman–Crippen MR) is 121 cm³/mol. The van der Waals surface area contributed by atoms with Gasteiger partial charge in [-0.3, -0.25) is 9.36 Å². The molecule has 1 aliphatic carbocycles. The van der Waals surface area contributed by atoms with E-state index in [1.54, 1.807) is 4.57 Å². The number of hydrogen-bond acceptors (Lipinski definition) is 4. The van der Waals surface area contributed by atoms with Gasteiger partial charge in [0.2, 0.25) is 0 Å². The van der Waals surface area contributed by atoms with Crippen molar-refractivity contribution in [2.45, 2.75) is 64.6 Å². The highest BCUT2D eigenvalue weighted by Gasteiger charge is 2.27. The zero-order chi connectivity index (χ0) is 21.7. The van der Waals surface area contributed by atoms with E-state index in [1.807, 2.05) is 57.1 Å². The van der Waals surface area contributed by atoms with Crippen molar-refractivity contribution in [3.8, 4) is 0 Å². The van der Waals surface area contributed by atoms with Crippen molar-refractivity contribution in [3.63, 3.8) is 0 Å². The average molecular weight is 414 g/mol. The summed E-state index contributed by atoms with van der Waals surface area (Å²) in [5.41, 5.74) is 0.625. The smallest absolute Gasteiger partial charge is 0.318 e. The fraction of sp³-hybridized carbons (Fsp3) is 0.609. The number of fused-ring (bicyclic) bond motifs is 1. The number of para-hydroxylation sites is 1. The molecular formula is C23H35N5O2. The van der Waals surface area contributed by atoms with Crippen molar-refractivity contribution in [2.75, 3.05) is 27.2 Å². The summed E-state index contributed by atoms with van der Waals surface area (Å²) < 4.78 is 1.70.